The molecular weight excluding hydrogens is 417 g/mol. The fraction of sp³-hybridized carbons (Fsp3) is 0.357. The van der Waals surface area contributed by atoms with Crippen molar-refractivity contribution in [3.05, 3.63) is 37.4 Å². The lowest BCUT2D eigenvalue weighted by Crippen LogP contribution is -2.33. The first-order valence-electron chi connectivity index (χ1n) is 6.95. The standard InChI is InChI=1S/C14H14IN3O5/c15-11-8-9(18(22)23)2-3-10(11)14(21)16-6-1-7-17-12(19)4-5-13(17)20/h2-3,8H,1,4-7H2,(H,16,21). The van der Waals surface area contributed by atoms with Gasteiger partial charge in [0.25, 0.3) is 11.6 Å². The van der Waals surface area contributed by atoms with Crippen LogP contribution in [-0.2, 0) is 9.59 Å². The molecule has 2 rings (SSSR count). The van der Waals surface area contributed by atoms with E-state index in [9.17, 15) is 24.5 Å². The van der Waals surface area contributed by atoms with Crippen LogP contribution in [0.5, 0.6) is 0 Å². The van der Waals surface area contributed by atoms with Gasteiger partial charge in [0.15, 0.2) is 0 Å². The second-order valence-electron chi connectivity index (χ2n) is 4.97. The van der Waals surface area contributed by atoms with Gasteiger partial charge in [-0.2, -0.15) is 0 Å². The van der Waals surface area contributed by atoms with Crippen LogP contribution in [0.4, 0.5) is 5.69 Å². The van der Waals surface area contributed by atoms with Gasteiger partial charge in [-0.3, -0.25) is 29.4 Å². The summed E-state index contributed by atoms with van der Waals surface area (Å²) in [5, 5.41) is 13.3. The molecule has 0 saturated carbocycles. The Labute approximate surface area is 145 Å². The van der Waals surface area contributed by atoms with Gasteiger partial charge in [-0.15, -0.1) is 0 Å². The molecule has 0 bridgehead atoms. The maximum Gasteiger partial charge on any atom is 0.270 e. The van der Waals surface area contributed by atoms with Crippen molar-refractivity contribution in [2.24, 2.45) is 0 Å². The molecule has 1 saturated heterocycles. The van der Waals surface area contributed by atoms with Crippen LogP contribution in [0.3, 0.4) is 0 Å². The van der Waals surface area contributed by atoms with Gasteiger partial charge in [0.05, 0.1) is 10.5 Å². The zero-order valence-electron chi connectivity index (χ0n) is 12.1. The lowest BCUT2D eigenvalue weighted by Gasteiger charge is -2.13. The minimum atomic E-state index is -0.520. The van der Waals surface area contributed by atoms with Gasteiger partial charge < -0.3 is 5.32 Å². The Bertz CT molecular complexity index is 660. The number of carbonyl (C=O) groups is 3. The average molecular weight is 431 g/mol. The number of nitro benzene ring substituents is 1. The minimum absolute atomic E-state index is 0.0722. The molecule has 1 fully saturated rings. The third kappa shape index (κ3) is 4.24. The van der Waals surface area contributed by atoms with Crippen LogP contribution < -0.4 is 5.32 Å². The number of likely N-dealkylation sites (tertiary alicyclic amines) is 1. The van der Waals surface area contributed by atoms with E-state index in [-0.39, 0.29) is 42.8 Å². The summed E-state index contributed by atoms with van der Waals surface area (Å²) < 4.78 is 0.485. The van der Waals surface area contributed by atoms with Crippen LogP contribution in [0.15, 0.2) is 18.2 Å². The van der Waals surface area contributed by atoms with Crippen molar-refractivity contribution in [2.75, 3.05) is 13.1 Å². The monoisotopic (exact) mass is 431 g/mol. The van der Waals surface area contributed by atoms with Gasteiger partial charge in [0.2, 0.25) is 11.8 Å². The lowest BCUT2D eigenvalue weighted by atomic mass is 10.2. The van der Waals surface area contributed by atoms with Crippen LogP contribution in [0.1, 0.15) is 29.6 Å². The van der Waals surface area contributed by atoms with E-state index in [0.717, 1.165) is 0 Å². The van der Waals surface area contributed by atoms with Crippen molar-refractivity contribution in [3.63, 3.8) is 0 Å². The molecule has 0 atom stereocenters. The second-order valence-corrected chi connectivity index (χ2v) is 6.13. The molecule has 0 radical (unpaired) electrons. The van der Waals surface area contributed by atoms with Crippen LogP contribution in [-0.4, -0.2) is 40.6 Å². The molecule has 1 aromatic carbocycles. The Morgan fingerprint density at radius 3 is 2.52 bits per heavy atom. The number of imide groups is 1. The van der Waals surface area contributed by atoms with Gasteiger partial charge >= 0.3 is 0 Å². The van der Waals surface area contributed by atoms with E-state index in [1.54, 1.807) is 0 Å². The van der Waals surface area contributed by atoms with E-state index in [1.165, 1.54) is 23.1 Å². The largest absolute Gasteiger partial charge is 0.352 e. The Morgan fingerprint density at radius 1 is 1.30 bits per heavy atom. The molecule has 3 amide bonds. The van der Waals surface area contributed by atoms with Crippen molar-refractivity contribution in [3.8, 4) is 0 Å². The average Bonchev–Trinajstić information content (AvgIpc) is 2.82. The highest BCUT2D eigenvalue weighted by Crippen LogP contribution is 2.19. The SMILES string of the molecule is O=C(NCCCN1C(=O)CCC1=O)c1ccc([N+](=O)[O-])cc1I. The van der Waals surface area contributed by atoms with Crippen molar-refractivity contribution in [1.29, 1.82) is 0 Å². The van der Waals surface area contributed by atoms with Crippen LogP contribution >= 0.6 is 22.6 Å². The smallest absolute Gasteiger partial charge is 0.270 e. The molecule has 0 aromatic heterocycles. The fourth-order valence-corrected chi connectivity index (χ4v) is 2.95. The Kier molecular flexibility index (Phi) is 5.64. The fourth-order valence-electron chi connectivity index (χ4n) is 2.21. The Hall–Kier alpha value is -2.04. The Balaban J connectivity index is 1.84. The van der Waals surface area contributed by atoms with Gasteiger partial charge in [0.1, 0.15) is 0 Å². The van der Waals surface area contributed by atoms with E-state index in [0.29, 0.717) is 22.1 Å². The van der Waals surface area contributed by atoms with Gasteiger partial charge in [-0.1, -0.05) is 0 Å². The third-order valence-electron chi connectivity index (χ3n) is 3.41. The summed E-state index contributed by atoms with van der Waals surface area (Å²) in [5.41, 5.74) is 0.279. The molecule has 1 heterocycles. The zero-order valence-corrected chi connectivity index (χ0v) is 14.2. The molecule has 1 aliphatic rings. The van der Waals surface area contributed by atoms with Crippen LogP contribution in [0.25, 0.3) is 0 Å². The molecule has 1 N–H and O–H groups in total. The number of nitrogens with one attached hydrogen (secondary N) is 1. The number of non-ortho nitro benzene ring substituents is 1. The normalized spacial score (nSPS) is 14.2. The molecule has 0 aliphatic carbocycles. The van der Waals surface area contributed by atoms with Crippen LogP contribution in [0, 0.1) is 13.7 Å². The summed E-state index contributed by atoms with van der Waals surface area (Å²) >= 11 is 1.87. The highest BCUT2D eigenvalue weighted by atomic mass is 127. The number of amides is 3. The quantitative estimate of drug-likeness (QED) is 0.241. The first kappa shape index (κ1) is 17.3. The van der Waals surface area contributed by atoms with Gasteiger partial charge in [-0.05, 0) is 35.1 Å². The van der Waals surface area contributed by atoms with Crippen molar-refractivity contribution in [1.82, 2.24) is 10.2 Å². The van der Waals surface area contributed by atoms with Gasteiger partial charge in [0, 0.05) is 41.6 Å². The predicted octanol–water partition coefficient (Wildman–Crippen LogP) is 1.47. The number of halogens is 1. The molecule has 1 aliphatic heterocycles. The van der Waals surface area contributed by atoms with E-state index in [2.05, 4.69) is 5.32 Å². The first-order valence-corrected chi connectivity index (χ1v) is 8.03. The van der Waals surface area contributed by atoms with Crippen LogP contribution in [0.2, 0.25) is 0 Å². The van der Waals surface area contributed by atoms with Crippen molar-refractivity contribution in [2.45, 2.75) is 19.3 Å². The number of rotatable bonds is 6. The number of benzene rings is 1. The number of hydrogen-bond acceptors (Lipinski definition) is 5. The molecule has 122 valence electrons. The summed E-state index contributed by atoms with van der Waals surface area (Å²) in [6, 6.07) is 4.01. The lowest BCUT2D eigenvalue weighted by molar-refractivity contribution is -0.384. The summed E-state index contributed by atoms with van der Waals surface area (Å²) in [6.07, 6.45) is 0.977. The zero-order chi connectivity index (χ0) is 17.0. The van der Waals surface area contributed by atoms with E-state index in [1.807, 2.05) is 22.6 Å². The molecule has 23 heavy (non-hydrogen) atoms. The molecule has 1 aromatic rings. The first-order chi connectivity index (χ1) is 10.9. The van der Waals surface area contributed by atoms with E-state index >= 15 is 0 Å². The number of hydrogen-bond donors (Lipinski definition) is 1. The summed E-state index contributed by atoms with van der Waals surface area (Å²) in [7, 11) is 0. The van der Waals surface area contributed by atoms with Gasteiger partial charge in [-0.25, -0.2) is 0 Å². The number of nitro groups is 1. The summed E-state index contributed by atoms with van der Waals surface area (Å²) in [6.45, 7) is 0.595. The number of carbonyl (C=O) groups excluding carboxylic acids is 3. The second kappa shape index (κ2) is 7.49. The third-order valence-corrected chi connectivity index (χ3v) is 4.30. The van der Waals surface area contributed by atoms with Crippen molar-refractivity contribution < 1.29 is 19.3 Å². The summed E-state index contributed by atoms with van der Waals surface area (Å²) in [4.78, 5) is 46.2. The molecule has 9 heteroatoms. The van der Waals surface area contributed by atoms with E-state index < -0.39 is 4.92 Å². The maximum absolute atomic E-state index is 12.0. The Morgan fingerprint density at radius 2 is 1.96 bits per heavy atom. The minimum Gasteiger partial charge on any atom is -0.352 e. The molecule has 8 nitrogen and oxygen atoms in total. The highest BCUT2D eigenvalue weighted by Gasteiger charge is 2.27. The maximum atomic E-state index is 12.0. The molecule has 0 unspecified atom stereocenters. The summed E-state index contributed by atoms with van der Waals surface area (Å²) in [5.74, 6) is -0.694. The molecular formula is C14H14IN3O5. The molecule has 0 spiro atoms. The predicted molar refractivity (Wildman–Crippen MR) is 88.7 cm³/mol. The number of nitrogens with zero attached hydrogens (tertiary/aromatic N) is 2. The topological polar surface area (TPSA) is 110 Å². The van der Waals surface area contributed by atoms with Crippen molar-refractivity contribution >= 4 is 46.0 Å². The highest BCUT2D eigenvalue weighted by molar-refractivity contribution is 14.1. The van der Waals surface area contributed by atoms with E-state index in [4.69, 9.17) is 0 Å².